The fourth-order valence-corrected chi connectivity index (χ4v) is 1.84. The zero-order chi connectivity index (χ0) is 11.5. The number of cyclic esters (lactones) is 1. The Labute approximate surface area is 97.7 Å². The molecule has 0 aromatic heterocycles. The first-order chi connectivity index (χ1) is 7.68. The van der Waals surface area contributed by atoms with Crippen LogP contribution in [-0.2, 0) is 9.53 Å². The van der Waals surface area contributed by atoms with Crippen LogP contribution in [0.15, 0.2) is 30.3 Å². The second kappa shape index (κ2) is 4.53. The van der Waals surface area contributed by atoms with Crippen LogP contribution in [0.25, 0.3) is 0 Å². The van der Waals surface area contributed by atoms with E-state index in [1.807, 2.05) is 30.3 Å². The van der Waals surface area contributed by atoms with Crippen molar-refractivity contribution in [1.29, 1.82) is 0 Å². The lowest BCUT2D eigenvalue weighted by atomic mass is 10.1. The van der Waals surface area contributed by atoms with E-state index in [2.05, 4.69) is 0 Å². The van der Waals surface area contributed by atoms with Gasteiger partial charge in [-0.2, -0.15) is 0 Å². The average Bonchev–Trinajstić information content (AvgIpc) is 2.61. The van der Waals surface area contributed by atoms with Gasteiger partial charge >= 0.3 is 6.09 Å². The van der Waals surface area contributed by atoms with Crippen LogP contribution in [0.3, 0.4) is 0 Å². The lowest BCUT2D eigenvalue weighted by Crippen LogP contribution is -2.31. The predicted molar refractivity (Wildman–Crippen MR) is 58.1 cm³/mol. The number of carbonyl (C=O) groups excluding carboxylic acids is 2. The van der Waals surface area contributed by atoms with Crippen LogP contribution in [0.2, 0.25) is 0 Å². The van der Waals surface area contributed by atoms with Crippen molar-refractivity contribution in [1.82, 2.24) is 4.90 Å². The molecule has 1 aromatic rings. The van der Waals surface area contributed by atoms with Crippen molar-refractivity contribution in [3.8, 4) is 0 Å². The molecule has 1 aromatic carbocycles. The first kappa shape index (κ1) is 11.0. The number of ether oxygens (including phenoxy) is 1. The van der Waals surface area contributed by atoms with Crippen LogP contribution in [0.5, 0.6) is 0 Å². The first-order valence-electron chi connectivity index (χ1n) is 4.85. The van der Waals surface area contributed by atoms with E-state index in [1.54, 1.807) is 0 Å². The third-order valence-corrected chi connectivity index (χ3v) is 2.57. The molecule has 1 saturated heterocycles. The van der Waals surface area contributed by atoms with Crippen LogP contribution >= 0.6 is 11.6 Å². The summed E-state index contributed by atoms with van der Waals surface area (Å²) in [7, 11) is 0. The Hall–Kier alpha value is -1.55. The minimum absolute atomic E-state index is 0.125. The second-order valence-corrected chi connectivity index (χ2v) is 3.91. The molecule has 1 heterocycles. The molecule has 2 rings (SSSR count). The SMILES string of the molecule is O=C(Cl)CN1C(=O)OCC1c1ccccc1. The lowest BCUT2D eigenvalue weighted by molar-refractivity contribution is -0.112. The molecular formula is C11H10ClNO3. The standard InChI is InChI=1S/C11H10ClNO3/c12-10(14)6-13-9(7-16-11(13)15)8-4-2-1-3-5-8/h1-5,9H,6-7H2. The van der Waals surface area contributed by atoms with Gasteiger partial charge in [0.05, 0.1) is 12.6 Å². The van der Waals surface area contributed by atoms with E-state index in [0.29, 0.717) is 0 Å². The molecule has 0 N–H and O–H groups in total. The number of amides is 1. The van der Waals surface area contributed by atoms with Gasteiger partial charge in [-0.3, -0.25) is 9.69 Å². The van der Waals surface area contributed by atoms with Crippen molar-refractivity contribution in [2.24, 2.45) is 0 Å². The molecule has 1 amide bonds. The maximum absolute atomic E-state index is 11.4. The summed E-state index contributed by atoms with van der Waals surface area (Å²) < 4.78 is 4.91. The number of halogens is 1. The molecule has 0 spiro atoms. The first-order valence-corrected chi connectivity index (χ1v) is 5.23. The topological polar surface area (TPSA) is 46.6 Å². The molecule has 84 valence electrons. The summed E-state index contributed by atoms with van der Waals surface area (Å²) in [6, 6.07) is 9.18. The number of carbonyl (C=O) groups is 2. The summed E-state index contributed by atoms with van der Waals surface area (Å²) >= 11 is 5.29. The van der Waals surface area contributed by atoms with Crippen molar-refractivity contribution in [2.45, 2.75) is 6.04 Å². The highest BCUT2D eigenvalue weighted by atomic mass is 35.5. The Morgan fingerprint density at radius 3 is 2.75 bits per heavy atom. The third kappa shape index (κ3) is 2.17. The van der Waals surface area contributed by atoms with Crippen molar-refractivity contribution in [2.75, 3.05) is 13.2 Å². The lowest BCUT2D eigenvalue weighted by Gasteiger charge is -2.19. The summed E-state index contributed by atoms with van der Waals surface area (Å²) in [6.07, 6.45) is -0.497. The van der Waals surface area contributed by atoms with Crippen molar-refractivity contribution < 1.29 is 14.3 Å². The van der Waals surface area contributed by atoms with Gasteiger partial charge in [-0.15, -0.1) is 0 Å². The maximum atomic E-state index is 11.4. The molecule has 0 radical (unpaired) electrons. The third-order valence-electron chi connectivity index (χ3n) is 2.45. The van der Waals surface area contributed by atoms with E-state index in [9.17, 15) is 9.59 Å². The molecule has 1 unspecified atom stereocenters. The van der Waals surface area contributed by atoms with Gasteiger partial charge in [-0.25, -0.2) is 4.79 Å². The summed E-state index contributed by atoms with van der Waals surface area (Å²) in [4.78, 5) is 23.6. The fraction of sp³-hybridized carbons (Fsp3) is 0.273. The van der Waals surface area contributed by atoms with Gasteiger partial charge < -0.3 is 4.74 Å². The van der Waals surface area contributed by atoms with Gasteiger partial charge in [0.2, 0.25) is 5.24 Å². The largest absolute Gasteiger partial charge is 0.447 e. The van der Waals surface area contributed by atoms with Gasteiger partial charge in [-0.05, 0) is 17.2 Å². The second-order valence-electron chi connectivity index (χ2n) is 3.49. The van der Waals surface area contributed by atoms with Crippen molar-refractivity contribution in [3.05, 3.63) is 35.9 Å². The zero-order valence-electron chi connectivity index (χ0n) is 8.43. The van der Waals surface area contributed by atoms with Gasteiger partial charge in [0.25, 0.3) is 0 Å². The van der Waals surface area contributed by atoms with E-state index in [-0.39, 0.29) is 19.2 Å². The Kier molecular flexibility index (Phi) is 3.10. The number of hydrogen-bond donors (Lipinski definition) is 0. The van der Waals surface area contributed by atoms with Gasteiger partial charge in [-0.1, -0.05) is 30.3 Å². The van der Waals surface area contributed by atoms with Crippen molar-refractivity contribution >= 4 is 22.9 Å². The zero-order valence-corrected chi connectivity index (χ0v) is 9.18. The van der Waals surface area contributed by atoms with E-state index in [4.69, 9.17) is 16.3 Å². The quantitative estimate of drug-likeness (QED) is 0.758. The van der Waals surface area contributed by atoms with Crippen LogP contribution in [0.4, 0.5) is 4.79 Å². The fourth-order valence-electron chi connectivity index (χ4n) is 1.71. The number of benzene rings is 1. The molecule has 1 aliphatic rings. The number of rotatable bonds is 3. The molecular weight excluding hydrogens is 230 g/mol. The van der Waals surface area contributed by atoms with Crippen molar-refractivity contribution in [3.63, 3.8) is 0 Å². The van der Waals surface area contributed by atoms with E-state index >= 15 is 0 Å². The number of nitrogens with zero attached hydrogens (tertiary/aromatic N) is 1. The Morgan fingerprint density at radius 1 is 1.44 bits per heavy atom. The Balaban J connectivity index is 2.21. The monoisotopic (exact) mass is 239 g/mol. The van der Waals surface area contributed by atoms with E-state index in [1.165, 1.54) is 4.90 Å². The molecule has 0 bridgehead atoms. The van der Waals surface area contributed by atoms with E-state index in [0.717, 1.165) is 5.56 Å². The molecule has 1 fully saturated rings. The highest BCUT2D eigenvalue weighted by Crippen LogP contribution is 2.27. The summed E-state index contributed by atoms with van der Waals surface area (Å²) in [5, 5.41) is -0.570. The molecule has 1 atom stereocenters. The smallest absolute Gasteiger partial charge is 0.410 e. The number of hydrogen-bond acceptors (Lipinski definition) is 3. The van der Waals surface area contributed by atoms with Crippen LogP contribution < -0.4 is 0 Å². The summed E-state index contributed by atoms with van der Waals surface area (Å²) in [6.45, 7) is 0.132. The van der Waals surface area contributed by atoms with Gasteiger partial charge in [0.15, 0.2) is 0 Å². The Bertz CT molecular complexity index is 407. The van der Waals surface area contributed by atoms with Gasteiger partial charge in [0.1, 0.15) is 6.61 Å². The van der Waals surface area contributed by atoms with Crippen LogP contribution in [-0.4, -0.2) is 29.4 Å². The minimum Gasteiger partial charge on any atom is -0.447 e. The average molecular weight is 240 g/mol. The summed E-state index contributed by atoms with van der Waals surface area (Å²) in [5.41, 5.74) is 0.936. The molecule has 0 saturated carbocycles. The predicted octanol–water partition coefficient (Wildman–Crippen LogP) is 1.95. The van der Waals surface area contributed by atoms with Crippen LogP contribution in [0, 0.1) is 0 Å². The highest BCUT2D eigenvalue weighted by molar-refractivity contribution is 6.64. The molecule has 0 aliphatic carbocycles. The molecule has 4 nitrogen and oxygen atoms in total. The van der Waals surface area contributed by atoms with E-state index < -0.39 is 11.3 Å². The Morgan fingerprint density at radius 2 is 2.12 bits per heavy atom. The normalized spacial score (nSPS) is 19.7. The van der Waals surface area contributed by atoms with Gasteiger partial charge in [0, 0.05) is 0 Å². The molecule has 1 aliphatic heterocycles. The molecule has 5 heteroatoms. The summed E-state index contributed by atoms with van der Waals surface area (Å²) in [5.74, 6) is 0. The minimum atomic E-state index is -0.570. The molecule has 16 heavy (non-hydrogen) atoms. The highest BCUT2D eigenvalue weighted by Gasteiger charge is 2.34. The van der Waals surface area contributed by atoms with Crippen LogP contribution in [0.1, 0.15) is 11.6 Å². The maximum Gasteiger partial charge on any atom is 0.410 e.